The molecule has 0 bridgehead atoms. The van der Waals surface area contributed by atoms with Gasteiger partial charge in [-0.15, -0.1) is 0 Å². The summed E-state index contributed by atoms with van der Waals surface area (Å²) < 4.78 is 16.0. The highest BCUT2D eigenvalue weighted by Gasteiger charge is 2.19. The van der Waals surface area contributed by atoms with Gasteiger partial charge in [0.1, 0.15) is 23.0 Å². The maximum atomic E-state index is 11.6. The van der Waals surface area contributed by atoms with Gasteiger partial charge in [-0.3, -0.25) is 4.90 Å². The molecule has 0 aliphatic rings. The molecule has 6 nitrogen and oxygen atoms in total. The van der Waals surface area contributed by atoms with Crippen molar-refractivity contribution in [2.45, 2.75) is 20.0 Å². The van der Waals surface area contributed by atoms with Crippen LogP contribution in [0.2, 0.25) is 0 Å². The molecule has 0 fully saturated rings. The largest absolute Gasteiger partial charge is 0.497 e. The van der Waals surface area contributed by atoms with Gasteiger partial charge in [-0.05, 0) is 32.2 Å². The molecule has 2 aromatic rings. The number of rotatable bonds is 7. The average Bonchev–Trinajstić information content (AvgIpc) is 2.91. The lowest BCUT2D eigenvalue weighted by atomic mass is 10.0. The predicted molar refractivity (Wildman–Crippen MR) is 85.1 cm³/mol. The van der Waals surface area contributed by atoms with Crippen LogP contribution in [0.3, 0.4) is 0 Å². The molecule has 0 saturated carbocycles. The first-order valence-electron chi connectivity index (χ1n) is 7.16. The summed E-state index contributed by atoms with van der Waals surface area (Å²) in [4.78, 5) is 13.5. The van der Waals surface area contributed by atoms with E-state index in [-0.39, 0.29) is 5.56 Å². The fraction of sp³-hybridized carbons (Fsp3) is 0.353. The van der Waals surface area contributed by atoms with Crippen LogP contribution in [-0.4, -0.2) is 37.2 Å². The van der Waals surface area contributed by atoms with E-state index in [1.54, 1.807) is 6.07 Å². The third-order valence-electron chi connectivity index (χ3n) is 3.52. The molecule has 6 heteroatoms. The van der Waals surface area contributed by atoms with Gasteiger partial charge in [0.05, 0.1) is 26.3 Å². The monoisotopic (exact) mass is 319 g/mol. The molecule has 23 heavy (non-hydrogen) atoms. The number of aromatic carboxylic acids is 1. The fourth-order valence-corrected chi connectivity index (χ4v) is 2.44. The van der Waals surface area contributed by atoms with E-state index >= 15 is 0 Å². The zero-order chi connectivity index (χ0) is 17.0. The third-order valence-corrected chi connectivity index (χ3v) is 3.52. The van der Waals surface area contributed by atoms with Gasteiger partial charge in [-0.25, -0.2) is 4.79 Å². The van der Waals surface area contributed by atoms with Gasteiger partial charge in [0.25, 0.3) is 0 Å². The third kappa shape index (κ3) is 4.04. The maximum Gasteiger partial charge on any atom is 0.336 e. The second-order valence-electron chi connectivity index (χ2n) is 5.35. The highest BCUT2D eigenvalue weighted by Crippen LogP contribution is 2.30. The molecule has 2 rings (SSSR count). The van der Waals surface area contributed by atoms with Crippen LogP contribution in [0, 0.1) is 6.92 Å². The van der Waals surface area contributed by atoms with E-state index in [1.807, 2.05) is 31.0 Å². The van der Waals surface area contributed by atoms with Crippen LogP contribution in [0.15, 0.2) is 28.7 Å². The topological polar surface area (TPSA) is 72.1 Å². The van der Waals surface area contributed by atoms with Crippen molar-refractivity contribution in [1.82, 2.24) is 4.90 Å². The van der Waals surface area contributed by atoms with Crippen molar-refractivity contribution in [2.75, 3.05) is 21.3 Å². The fourth-order valence-electron chi connectivity index (χ4n) is 2.44. The lowest BCUT2D eigenvalue weighted by molar-refractivity contribution is 0.0693. The molecule has 0 saturated heterocycles. The van der Waals surface area contributed by atoms with Crippen molar-refractivity contribution in [2.24, 2.45) is 0 Å². The average molecular weight is 319 g/mol. The summed E-state index contributed by atoms with van der Waals surface area (Å²) in [5.74, 6) is 1.60. The maximum absolute atomic E-state index is 11.6. The van der Waals surface area contributed by atoms with Crippen molar-refractivity contribution in [3.8, 4) is 11.5 Å². The van der Waals surface area contributed by atoms with Crippen molar-refractivity contribution in [1.29, 1.82) is 0 Å². The lowest BCUT2D eigenvalue weighted by Crippen LogP contribution is -2.19. The highest BCUT2D eigenvalue weighted by molar-refractivity contribution is 5.91. The van der Waals surface area contributed by atoms with Crippen molar-refractivity contribution < 1.29 is 23.8 Å². The van der Waals surface area contributed by atoms with Crippen LogP contribution < -0.4 is 9.47 Å². The molecule has 0 atom stereocenters. The van der Waals surface area contributed by atoms with Gasteiger partial charge in [0.15, 0.2) is 0 Å². The molecular weight excluding hydrogens is 298 g/mol. The second-order valence-corrected chi connectivity index (χ2v) is 5.35. The van der Waals surface area contributed by atoms with E-state index < -0.39 is 5.97 Å². The Morgan fingerprint density at radius 3 is 2.48 bits per heavy atom. The molecule has 1 heterocycles. The number of carbonyl (C=O) groups is 1. The number of ether oxygens (including phenoxy) is 2. The summed E-state index contributed by atoms with van der Waals surface area (Å²) in [6.45, 7) is 2.87. The Bertz CT molecular complexity index is 692. The molecule has 0 aliphatic heterocycles. The summed E-state index contributed by atoms with van der Waals surface area (Å²) in [5, 5.41) is 9.46. The number of hydrogen-bond acceptors (Lipinski definition) is 5. The van der Waals surface area contributed by atoms with E-state index in [1.165, 1.54) is 20.3 Å². The minimum atomic E-state index is -1.01. The zero-order valence-electron chi connectivity index (χ0n) is 13.8. The Labute approximate surface area is 135 Å². The minimum Gasteiger partial charge on any atom is -0.497 e. The zero-order valence-corrected chi connectivity index (χ0v) is 13.8. The molecule has 1 N–H and O–H groups in total. The highest BCUT2D eigenvalue weighted by atomic mass is 16.5. The summed E-state index contributed by atoms with van der Waals surface area (Å²) in [7, 11) is 4.90. The number of carboxylic acids is 1. The first-order chi connectivity index (χ1) is 10.9. The van der Waals surface area contributed by atoms with Crippen LogP contribution in [-0.2, 0) is 13.1 Å². The van der Waals surface area contributed by atoms with E-state index in [9.17, 15) is 9.90 Å². The first kappa shape index (κ1) is 16.9. The van der Waals surface area contributed by atoms with E-state index in [0.29, 0.717) is 30.2 Å². The molecule has 0 spiro atoms. The van der Waals surface area contributed by atoms with Gasteiger partial charge in [-0.2, -0.15) is 0 Å². The Kier molecular flexibility index (Phi) is 5.28. The molecule has 0 radical (unpaired) electrons. The Balaban J connectivity index is 2.28. The summed E-state index contributed by atoms with van der Waals surface area (Å²) >= 11 is 0. The molecule has 0 unspecified atom stereocenters. The van der Waals surface area contributed by atoms with Crippen LogP contribution >= 0.6 is 0 Å². The van der Waals surface area contributed by atoms with Gasteiger partial charge in [0, 0.05) is 18.2 Å². The number of hydrogen-bond donors (Lipinski definition) is 1. The SMILES string of the molecule is COc1cc(OC)c(CN(C)Cc2ccc(C)o2)c(C(=O)O)c1. The van der Waals surface area contributed by atoms with Crippen molar-refractivity contribution in [3.05, 3.63) is 46.9 Å². The molecule has 0 aliphatic carbocycles. The molecule has 1 aromatic heterocycles. The number of nitrogens with zero attached hydrogens (tertiary/aromatic N) is 1. The van der Waals surface area contributed by atoms with Gasteiger partial charge in [-0.1, -0.05) is 0 Å². The normalized spacial score (nSPS) is 10.8. The van der Waals surface area contributed by atoms with Crippen LogP contribution in [0.1, 0.15) is 27.4 Å². The molecule has 1 aromatic carbocycles. The van der Waals surface area contributed by atoms with Crippen LogP contribution in [0.4, 0.5) is 0 Å². The summed E-state index contributed by atoms with van der Waals surface area (Å²) in [5.41, 5.74) is 0.773. The molecule has 0 amide bonds. The summed E-state index contributed by atoms with van der Waals surface area (Å²) in [6, 6.07) is 7.01. The summed E-state index contributed by atoms with van der Waals surface area (Å²) in [6.07, 6.45) is 0. The smallest absolute Gasteiger partial charge is 0.336 e. The van der Waals surface area contributed by atoms with Crippen molar-refractivity contribution in [3.63, 3.8) is 0 Å². The van der Waals surface area contributed by atoms with Gasteiger partial charge in [0.2, 0.25) is 0 Å². The number of aryl methyl sites for hydroxylation is 1. The number of carboxylic acid groups (broad SMARTS) is 1. The minimum absolute atomic E-state index is 0.170. The Hall–Kier alpha value is -2.47. The second kappa shape index (κ2) is 7.19. The number of methoxy groups -OCH3 is 2. The number of furan rings is 1. The molecule has 124 valence electrons. The van der Waals surface area contributed by atoms with E-state index in [0.717, 1.165) is 11.5 Å². The lowest BCUT2D eigenvalue weighted by Gasteiger charge is -2.19. The van der Waals surface area contributed by atoms with Crippen LogP contribution in [0.5, 0.6) is 11.5 Å². The predicted octanol–water partition coefficient (Wildman–Crippen LogP) is 2.94. The van der Waals surface area contributed by atoms with E-state index in [4.69, 9.17) is 13.9 Å². The van der Waals surface area contributed by atoms with Gasteiger partial charge >= 0.3 is 5.97 Å². The van der Waals surface area contributed by atoms with Gasteiger partial charge < -0.3 is 19.0 Å². The quantitative estimate of drug-likeness (QED) is 0.846. The van der Waals surface area contributed by atoms with E-state index in [2.05, 4.69) is 0 Å². The van der Waals surface area contributed by atoms with Crippen LogP contribution in [0.25, 0.3) is 0 Å². The Morgan fingerprint density at radius 1 is 1.22 bits per heavy atom. The molecular formula is C17H21NO5. The van der Waals surface area contributed by atoms with Crippen molar-refractivity contribution >= 4 is 5.97 Å². The standard InChI is InChI=1S/C17H21NO5/c1-11-5-6-12(23-11)9-18(2)10-15-14(17(19)20)7-13(21-3)8-16(15)22-4/h5-8H,9-10H2,1-4H3,(H,19,20). The Morgan fingerprint density at radius 2 is 1.96 bits per heavy atom. The first-order valence-corrected chi connectivity index (χ1v) is 7.16. The number of benzene rings is 1.